The van der Waals surface area contributed by atoms with Crippen molar-refractivity contribution in [3.05, 3.63) is 46.2 Å². The quantitative estimate of drug-likeness (QED) is 0.464. The number of carbonyl (C=O) groups excluding carboxylic acids is 4. The summed E-state index contributed by atoms with van der Waals surface area (Å²) in [4.78, 5) is 54.1. The van der Waals surface area contributed by atoms with Gasteiger partial charge in [-0.15, -0.1) is 0 Å². The van der Waals surface area contributed by atoms with Crippen LogP contribution in [0.4, 0.5) is 0 Å². The molecule has 3 aliphatic rings. The molecule has 0 saturated heterocycles. The van der Waals surface area contributed by atoms with E-state index in [0.29, 0.717) is 5.56 Å². The van der Waals surface area contributed by atoms with Crippen LogP contribution < -0.4 is 0 Å². The van der Waals surface area contributed by atoms with Gasteiger partial charge in [0.25, 0.3) is 0 Å². The molecule has 1 aromatic rings. The second-order valence-electron chi connectivity index (χ2n) is 11.2. The highest BCUT2D eigenvalue weighted by Gasteiger charge is 2.77. The van der Waals surface area contributed by atoms with E-state index in [1.807, 2.05) is 0 Å². The zero-order valence-electron chi connectivity index (χ0n) is 21.5. The predicted molar refractivity (Wildman–Crippen MR) is 130 cm³/mol. The Hall–Kier alpha value is -3.26. The monoisotopic (exact) mass is 496 g/mol. The molecule has 6 atom stereocenters. The van der Waals surface area contributed by atoms with E-state index >= 15 is 0 Å². The fourth-order valence-electron chi connectivity index (χ4n) is 7.77. The first kappa shape index (κ1) is 25.8. The normalized spacial score (nSPS) is 36.0. The third-order valence-electron chi connectivity index (χ3n) is 9.17. The molecule has 1 saturated carbocycles. The zero-order valence-corrected chi connectivity index (χ0v) is 21.5. The molecular formula is C28H32O8. The SMILES string of the molecule is CC(=O)C1=C(O)[C@]2(O)C(=O)C3=C(O)c4c(O)cccc4[C@@H](C)[C@]3(C)[C@@H](C(C)=O)[C@]2(C)C(C(C)C)C1=O. The van der Waals surface area contributed by atoms with Crippen LogP contribution in [-0.2, 0) is 19.2 Å². The first-order valence-electron chi connectivity index (χ1n) is 12.0. The minimum Gasteiger partial charge on any atom is -0.508 e. The lowest BCUT2D eigenvalue weighted by Crippen LogP contribution is -2.74. The molecule has 8 nitrogen and oxygen atoms in total. The van der Waals surface area contributed by atoms with E-state index in [-0.39, 0.29) is 16.9 Å². The number of aliphatic hydroxyl groups is 3. The number of hydrogen-bond donors (Lipinski definition) is 4. The highest BCUT2D eigenvalue weighted by atomic mass is 16.3. The van der Waals surface area contributed by atoms with Gasteiger partial charge in [-0.05, 0) is 37.3 Å². The van der Waals surface area contributed by atoms with Gasteiger partial charge < -0.3 is 20.4 Å². The zero-order chi connectivity index (χ0) is 27.3. The third-order valence-corrected chi connectivity index (χ3v) is 9.17. The predicted octanol–water partition coefficient (Wildman–Crippen LogP) is 3.57. The smallest absolute Gasteiger partial charge is 0.203 e. The molecule has 8 heteroatoms. The van der Waals surface area contributed by atoms with Crippen molar-refractivity contribution in [3.8, 4) is 5.75 Å². The Morgan fingerprint density at radius 1 is 1.03 bits per heavy atom. The van der Waals surface area contributed by atoms with E-state index in [4.69, 9.17) is 0 Å². The Balaban J connectivity index is 2.25. The Morgan fingerprint density at radius 3 is 2.11 bits per heavy atom. The molecule has 3 aliphatic carbocycles. The van der Waals surface area contributed by atoms with E-state index in [9.17, 15) is 39.6 Å². The van der Waals surface area contributed by atoms with Gasteiger partial charge in [0.15, 0.2) is 17.2 Å². The standard InChI is InChI=1S/C28H32O8/c1-11(2)19-21(32)17(13(4)29)24(34)28(36)25(35)20-22(33)18-15(9-8-10-16(18)31)12(3)26(20,6)23(14(5)30)27(19,28)7/h8-12,19,23,31,33-34,36H,1-7H3/t12-,19?,23-,26+,27+,28+/m1/s1. The van der Waals surface area contributed by atoms with E-state index in [2.05, 4.69) is 0 Å². The lowest BCUT2D eigenvalue weighted by Gasteiger charge is -2.64. The van der Waals surface area contributed by atoms with Crippen LogP contribution in [0.1, 0.15) is 65.5 Å². The number of rotatable bonds is 3. The molecule has 36 heavy (non-hydrogen) atoms. The first-order valence-corrected chi connectivity index (χ1v) is 12.0. The maximum atomic E-state index is 14.3. The van der Waals surface area contributed by atoms with Crippen molar-refractivity contribution in [2.75, 3.05) is 0 Å². The summed E-state index contributed by atoms with van der Waals surface area (Å²) in [7, 11) is 0. The molecule has 0 spiro atoms. The topological polar surface area (TPSA) is 149 Å². The second-order valence-corrected chi connectivity index (χ2v) is 11.2. The molecule has 0 bridgehead atoms. The van der Waals surface area contributed by atoms with Crippen molar-refractivity contribution >= 4 is 28.9 Å². The third kappa shape index (κ3) is 2.63. The fourth-order valence-corrected chi connectivity index (χ4v) is 7.77. The van der Waals surface area contributed by atoms with Gasteiger partial charge in [0.05, 0.1) is 5.56 Å². The summed E-state index contributed by atoms with van der Waals surface area (Å²) in [6, 6.07) is 4.62. The van der Waals surface area contributed by atoms with Crippen LogP contribution in [-0.4, -0.2) is 49.2 Å². The van der Waals surface area contributed by atoms with Gasteiger partial charge >= 0.3 is 0 Å². The summed E-state index contributed by atoms with van der Waals surface area (Å²) in [6.45, 7) is 10.6. The summed E-state index contributed by atoms with van der Waals surface area (Å²) >= 11 is 0. The number of phenols is 1. The van der Waals surface area contributed by atoms with Gasteiger partial charge in [-0.3, -0.25) is 19.2 Å². The van der Waals surface area contributed by atoms with Crippen molar-refractivity contribution in [1.29, 1.82) is 0 Å². The Kier molecular flexibility index (Phi) is 5.47. The van der Waals surface area contributed by atoms with Crippen LogP contribution in [0.2, 0.25) is 0 Å². The van der Waals surface area contributed by atoms with Crippen LogP contribution in [0, 0.1) is 28.6 Å². The molecule has 1 aromatic carbocycles. The molecule has 1 fully saturated rings. The first-order chi connectivity index (χ1) is 16.5. The van der Waals surface area contributed by atoms with Crippen LogP contribution in [0.3, 0.4) is 0 Å². The molecule has 0 aliphatic heterocycles. The Labute approximate surface area is 209 Å². The molecule has 0 radical (unpaired) electrons. The highest BCUT2D eigenvalue weighted by molar-refractivity contribution is 6.25. The number of allylic oxidation sites excluding steroid dienone is 1. The minimum absolute atomic E-state index is 0.00267. The van der Waals surface area contributed by atoms with Gasteiger partial charge in [0, 0.05) is 28.2 Å². The fraction of sp³-hybridized carbons (Fsp3) is 0.500. The van der Waals surface area contributed by atoms with Crippen LogP contribution in [0.25, 0.3) is 5.76 Å². The molecule has 0 aromatic heterocycles. The van der Waals surface area contributed by atoms with Crippen molar-refractivity contribution in [1.82, 2.24) is 0 Å². The molecule has 0 amide bonds. The van der Waals surface area contributed by atoms with E-state index in [1.165, 1.54) is 19.9 Å². The number of hydrogen-bond acceptors (Lipinski definition) is 8. The highest BCUT2D eigenvalue weighted by Crippen LogP contribution is 2.70. The minimum atomic E-state index is -2.85. The van der Waals surface area contributed by atoms with E-state index in [0.717, 1.165) is 6.92 Å². The number of fused-ring (bicyclic) bond motifs is 3. The lowest BCUT2D eigenvalue weighted by atomic mass is 9.37. The summed E-state index contributed by atoms with van der Waals surface area (Å²) in [5, 5.41) is 45.5. The summed E-state index contributed by atoms with van der Waals surface area (Å²) in [5.74, 6) is -8.66. The average molecular weight is 497 g/mol. The van der Waals surface area contributed by atoms with Gasteiger partial charge in [-0.2, -0.15) is 0 Å². The number of benzene rings is 1. The van der Waals surface area contributed by atoms with Crippen LogP contribution >= 0.6 is 0 Å². The number of aromatic hydroxyl groups is 1. The maximum absolute atomic E-state index is 14.3. The summed E-state index contributed by atoms with van der Waals surface area (Å²) < 4.78 is 0. The number of carbonyl (C=O) groups is 4. The summed E-state index contributed by atoms with van der Waals surface area (Å²) in [5.41, 5.74) is -6.63. The molecule has 4 rings (SSSR count). The molecular weight excluding hydrogens is 464 g/mol. The number of Topliss-reactive ketones (excluding diaryl/α,β-unsaturated/α-hetero) is 4. The van der Waals surface area contributed by atoms with Crippen molar-refractivity contribution < 1.29 is 39.6 Å². The summed E-state index contributed by atoms with van der Waals surface area (Å²) in [6.07, 6.45) is 0. The number of ketones is 4. The van der Waals surface area contributed by atoms with Gasteiger partial charge in [0.1, 0.15) is 28.6 Å². The lowest BCUT2D eigenvalue weighted by molar-refractivity contribution is -0.198. The van der Waals surface area contributed by atoms with Gasteiger partial charge in [-0.25, -0.2) is 0 Å². The van der Waals surface area contributed by atoms with Gasteiger partial charge in [-0.1, -0.05) is 46.8 Å². The van der Waals surface area contributed by atoms with Gasteiger partial charge in [0.2, 0.25) is 5.78 Å². The molecule has 4 N–H and O–H groups in total. The number of phenolic OH excluding ortho intramolecular Hbond substituents is 1. The van der Waals surface area contributed by atoms with Crippen LogP contribution in [0.5, 0.6) is 5.75 Å². The molecule has 1 unspecified atom stereocenters. The van der Waals surface area contributed by atoms with Crippen LogP contribution in [0.15, 0.2) is 35.1 Å². The average Bonchev–Trinajstić information content (AvgIpc) is 2.74. The van der Waals surface area contributed by atoms with E-state index in [1.54, 1.807) is 39.8 Å². The van der Waals surface area contributed by atoms with E-state index < -0.39 is 80.3 Å². The van der Waals surface area contributed by atoms with Crippen molar-refractivity contribution in [2.45, 2.75) is 60.0 Å². The van der Waals surface area contributed by atoms with Crippen molar-refractivity contribution in [3.63, 3.8) is 0 Å². The van der Waals surface area contributed by atoms with Crippen molar-refractivity contribution in [2.24, 2.45) is 28.6 Å². The Bertz CT molecular complexity index is 1320. The molecule has 192 valence electrons. The number of aliphatic hydroxyl groups excluding tert-OH is 2. The largest absolute Gasteiger partial charge is 0.508 e. The second kappa shape index (κ2) is 7.62. The maximum Gasteiger partial charge on any atom is 0.203 e. The Morgan fingerprint density at radius 2 is 1.61 bits per heavy atom. The molecule has 0 heterocycles.